The first kappa shape index (κ1) is 9.48. The number of likely N-dealkylation sites (N-methyl/N-ethyl adjacent to an activating group) is 1. The normalized spacial score (nSPS) is 25.3. The van der Waals surface area contributed by atoms with Crippen LogP contribution < -0.4 is 5.32 Å². The molecule has 4 heteroatoms. The molecule has 0 bridgehead atoms. The van der Waals surface area contributed by atoms with E-state index in [4.69, 9.17) is 9.47 Å². The topological polar surface area (TPSA) is 47.6 Å². The third-order valence-corrected chi connectivity index (χ3v) is 1.96. The molecule has 70 valence electrons. The summed E-state index contributed by atoms with van der Waals surface area (Å²) in [6.07, 6.45) is 0.788. The standard InChI is InChI=1S/C8H15NO3/c1-6(9-2)8(10)12-7-3-4-11-5-7/h6-7,9H,3-5H2,1-2H3. The van der Waals surface area contributed by atoms with Crippen molar-refractivity contribution in [3.8, 4) is 0 Å². The maximum Gasteiger partial charge on any atom is 0.323 e. The van der Waals surface area contributed by atoms with E-state index in [2.05, 4.69) is 5.32 Å². The lowest BCUT2D eigenvalue weighted by Crippen LogP contribution is -2.35. The van der Waals surface area contributed by atoms with Crippen molar-refractivity contribution >= 4 is 5.97 Å². The zero-order valence-electron chi connectivity index (χ0n) is 7.50. The van der Waals surface area contributed by atoms with Crippen LogP contribution in [-0.4, -0.2) is 38.4 Å². The zero-order valence-corrected chi connectivity index (χ0v) is 7.50. The highest BCUT2D eigenvalue weighted by molar-refractivity contribution is 5.75. The third kappa shape index (κ3) is 2.46. The molecule has 12 heavy (non-hydrogen) atoms. The summed E-state index contributed by atoms with van der Waals surface area (Å²) in [7, 11) is 1.73. The Balaban J connectivity index is 2.25. The van der Waals surface area contributed by atoms with Gasteiger partial charge in [0.15, 0.2) is 0 Å². The molecule has 0 aromatic rings. The van der Waals surface area contributed by atoms with E-state index in [1.54, 1.807) is 14.0 Å². The van der Waals surface area contributed by atoms with E-state index in [-0.39, 0.29) is 18.1 Å². The van der Waals surface area contributed by atoms with Gasteiger partial charge in [0, 0.05) is 6.42 Å². The molecule has 1 heterocycles. The number of carbonyl (C=O) groups excluding carboxylic acids is 1. The average molecular weight is 173 g/mol. The molecular weight excluding hydrogens is 158 g/mol. The van der Waals surface area contributed by atoms with Gasteiger partial charge in [-0.25, -0.2) is 0 Å². The first-order valence-electron chi connectivity index (χ1n) is 4.19. The average Bonchev–Trinajstić information content (AvgIpc) is 2.55. The van der Waals surface area contributed by atoms with Crippen molar-refractivity contribution in [1.82, 2.24) is 5.32 Å². The molecule has 0 radical (unpaired) electrons. The van der Waals surface area contributed by atoms with Gasteiger partial charge in [-0.3, -0.25) is 4.79 Å². The third-order valence-electron chi connectivity index (χ3n) is 1.96. The summed E-state index contributed by atoms with van der Waals surface area (Å²) in [4.78, 5) is 11.2. The predicted molar refractivity (Wildman–Crippen MR) is 43.8 cm³/mol. The van der Waals surface area contributed by atoms with Gasteiger partial charge in [0.1, 0.15) is 12.1 Å². The van der Waals surface area contributed by atoms with Gasteiger partial charge < -0.3 is 14.8 Å². The maximum atomic E-state index is 11.2. The lowest BCUT2D eigenvalue weighted by molar-refractivity contribution is -0.150. The summed E-state index contributed by atoms with van der Waals surface area (Å²) in [5, 5.41) is 2.82. The minimum Gasteiger partial charge on any atom is -0.459 e. The van der Waals surface area contributed by atoms with Crippen LogP contribution in [0.5, 0.6) is 0 Å². The van der Waals surface area contributed by atoms with E-state index in [0.717, 1.165) is 6.42 Å². The Kier molecular flexibility index (Phi) is 3.49. The number of esters is 1. The minimum absolute atomic E-state index is 0.0340. The van der Waals surface area contributed by atoms with Crippen LogP contribution in [0.3, 0.4) is 0 Å². The monoisotopic (exact) mass is 173 g/mol. The highest BCUT2D eigenvalue weighted by Crippen LogP contribution is 2.08. The van der Waals surface area contributed by atoms with Gasteiger partial charge in [0.2, 0.25) is 0 Å². The van der Waals surface area contributed by atoms with E-state index in [0.29, 0.717) is 13.2 Å². The molecule has 4 nitrogen and oxygen atoms in total. The van der Waals surface area contributed by atoms with Gasteiger partial charge in [0.25, 0.3) is 0 Å². The van der Waals surface area contributed by atoms with E-state index in [1.165, 1.54) is 0 Å². The van der Waals surface area contributed by atoms with Gasteiger partial charge >= 0.3 is 5.97 Å². The van der Waals surface area contributed by atoms with Crippen molar-refractivity contribution in [1.29, 1.82) is 0 Å². The highest BCUT2D eigenvalue weighted by Gasteiger charge is 2.22. The van der Waals surface area contributed by atoms with Gasteiger partial charge in [-0.05, 0) is 14.0 Å². The molecule has 2 atom stereocenters. The number of hydrogen-bond donors (Lipinski definition) is 1. The van der Waals surface area contributed by atoms with Gasteiger partial charge in [-0.1, -0.05) is 0 Å². The lowest BCUT2D eigenvalue weighted by atomic mass is 10.3. The zero-order chi connectivity index (χ0) is 8.97. The van der Waals surface area contributed by atoms with Crippen LogP contribution in [-0.2, 0) is 14.3 Å². The van der Waals surface area contributed by atoms with E-state index in [9.17, 15) is 4.79 Å². The van der Waals surface area contributed by atoms with Crippen molar-refractivity contribution in [3.05, 3.63) is 0 Å². The molecule has 1 N–H and O–H groups in total. The largest absolute Gasteiger partial charge is 0.459 e. The summed E-state index contributed by atoms with van der Waals surface area (Å²) >= 11 is 0. The number of carbonyl (C=O) groups is 1. The Bertz CT molecular complexity index is 154. The molecule has 1 saturated heterocycles. The second-order valence-electron chi connectivity index (χ2n) is 2.93. The van der Waals surface area contributed by atoms with E-state index >= 15 is 0 Å². The Morgan fingerprint density at radius 3 is 3.00 bits per heavy atom. The van der Waals surface area contributed by atoms with Gasteiger partial charge in [0.05, 0.1) is 13.2 Å². The van der Waals surface area contributed by atoms with E-state index < -0.39 is 0 Å². The molecule has 0 aliphatic carbocycles. The van der Waals surface area contributed by atoms with Crippen LogP contribution in [0.25, 0.3) is 0 Å². The Morgan fingerprint density at radius 1 is 1.75 bits per heavy atom. The summed E-state index contributed by atoms with van der Waals surface area (Å²) < 4.78 is 10.2. The molecule has 0 amide bonds. The molecule has 0 aromatic heterocycles. The van der Waals surface area contributed by atoms with Crippen LogP contribution in [0.1, 0.15) is 13.3 Å². The van der Waals surface area contributed by atoms with Crippen molar-refractivity contribution < 1.29 is 14.3 Å². The molecule has 0 spiro atoms. The fraction of sp³-hybridized carbons (Fsp3) is 0.875. The second kappa shape index (κ2) is 4.42. The predicted octanol–water partition coefficient (Wildman–Crippen LogP) is -0.0736. The maximum absolute atomic E-state index is 11.2. The number of nitrogens with one attached hydrogen (secondary N) is 1. The quantitative estimate of drug-likeness (QED) is 0.607. The number of rotatable bonds is 3. The SMILES string of the molecule is CNC(C)C(=O)OC1CCOC1. The fourth-order valence-electron chi connectivity index (χ4n) is 0.990. The second-order valence-corrected chi connectivity index (χ2v) is 2.93. The molecule has 1 aliphatic rings. The van der Waals surface area contributed by atoms with Crippen LogP contribution in [0.4, 0.5) is 0 Å². The molecule has 1 rings (SSSR count). The first-order valence-corrected chi connectivity index (χ1v) is 4.19. The van der Waals surface area contributed by atoms with Gasteiger partial charge in [-0.2, -0.15) is 0 Å². The Morgan fingerprint density at radius 2 is 2.50 bits per heavy atom. The van der Waals surface area contributed by atoms with Crippen molar-refractivity contribution in [2.45, 2.75) is 25.5 Å². The number of ether oxygens (including phenoxy) is 2. The highest BCUT2D eigenvalue weighted by atomic mass is 16.6. The van der Waals surface area contributed by atoms with Crippen molar-refractivity contribution in [3.63, 3.8) is 0 Å². The minimum atomic E-state index is -0.231. The van der Waals surface area contributed by atoms with Crippen LogP contribution in [0.15, 0.2) is 0 Å². The summed E-state index contributed by atoms with van der Waals surface area (Å²) in [5.74, 6) is -0.201. The van der Waals surface area contributed by atoms with Crippen molar-refractivity contribution in [2.24, 2.45) is 0 Å². The van der Waals surface area contributed by atoms with E-state index in [1.807, 2.05) is 0 Å². The van der Waals surface area contributed by atoms with Crippen LogP contribution in [0.2, 0.25) is 0 Å². The van der Waals surface area contributed by atoms with Gasteiger partial charge in [-0.15, -0.1) is 0 Å². The summed E-state index contributed by atoms with van der Waals surface area (Å²) in [6.45, 7) is 3.02. The first-order chi connectivity index (χ1) is 5.74. The number of hydrogen-bond acceptors (Lipinski definition) is 4. The smallest absolute Gasteiger partial charge is 0.323 e. The lowest BCUT2D eigenvalue weighted by Gasteiger charge is -2.13. The molecule has 1 aliphatic heterocycles. The van der Waals surface area contributed by atoms with Crippen molar-refractivity contribution in [2.75, 3.05) is 20.3 Å². The van der Waals surface area contributed by atoms with Crippen LogP contribution in [0, 0.1) is 0 Å². The molecule has 1 fully saturated rings. The molecule has 0 saturated carbocycles. The van der Waals surface area contributed by atoms with Crippen LogP contribution >= 0.6 is 0 Å². The molecule has 2 unspecified atom stereocenters. The Hall–Kier alpha value is -0.610. The summed E-state index contributed by atoms with van der Waals surface area (Å²) in [5.41, 5.74) is 0. The molecule has 0 aromatic carbocycles. The summed E-state index contributed by atoms with van der Waals surface area (Å²) in [6, 6.07) is -0.231. The fourth-order valence-corrected chi connectivity index (χ4v) is 0.990. The molecular formula is C8H15NO3. The Labute approximate surface area is 72.2 Å².